The third kappa shape index (κ3) is 2.02. The van der Waals surface area contributed by atoms with Crippen LogP contribution in [0.3, 0.4) is 0 Å². The molecule has 3 rings (SSSR count). The predicted molar refractivity (Wildman–Crippen MR) is 80.6 cm³/mol. The Labute approximate surface area is 124 Å². The fraction of sp³-hybridized carbons (Fsp3) is 0. The van der Waals surface area contributed by atoms with Gasteiger partial charge in [-0.15, -0.1) is 0 Å². The lowest BCUT2D eigenvalue weighted by molar-refractivity contribution is 0.104. The van der Waals surface area contributed by atoms with Crippen LogP contribution in [0.2, 0.25) is 0 Å². The minimum Gasteiger partial charge on any atom is -0.360 e. The van der Waals surface area contributed by atoms with Crippen molar-refractivity contribution < 1.29 is 4.79 Å². The number of nitrogens with zero attached hydrogens (tertiary/aromatic N) is 1. The van der Waals surface area contributed by atoms with Gasteiger partial charge in [0.25, 0.3) is 0 Å². The van der Waals surface area contributed by atoms with Crippen molar-refractivity contribution in [3.05, 3.63) is 69.8 Å². The van der Waals surface area contributed by atoms with Crippen LogP contribution in [0.4, 0.5) is 0 Å². The summed E-state index contributed by atoms with van der Waals surface area (Å²) in [6.45, 7) is 0. The van der Waals surface area contributed by atoms with Crippen molar-refractivity contribution >= 4 is 32.6 Å². The lowest BCUT2D eigenvalue weighted by Crippen LogP contribution is -2.00. The maximum Gasteiger partial charge on any atom is 0.195 e. The number of nitriles is 1. The van der Waals surface area contributed by atoms with Crippen molar-refractivity contribution in [1.29, 1.82) is 5.26 Å². The molecule has 0 saturated heterocycles. The number of rotatable bonds is 2. The van der Waals surface area contributed by atoms with Gasteiger partial charge in [-0.25, -0.2) is 0 Å². The van der Waals surface area contributed by atoms with Gasteiger partial charge in [0.15, 0.2) is 5.78 Å². The number of hydrogen-bond donors (Lipinski definition) is 1. The van der Waals surface area contributed by atoms with E-state index in [9.17, 15) is 10.1 Å². The summed E-state index contributed by atoms with van der Waals surface area (Å²) in [6, 6.07) is 14.7. The number of H-pyrrole nitrogens is 1. The zero-order valence-corrected chi connectivity index (χ0v) is 11.9. The number of aromatic nitrogens is 1. The maximum atomic E-state index is 12.6. The van der Waals surface area contributed by atoms with E-state index in [1.54, 1.807) is 30.5 Å². The summed E-state index contributed by atoms with van der Waals surface area (Å²) < 4.78 is 0.922. The summed E-state index contributed by atoms with van der Waals surface area (Å²) in [4.78, 5) is 15.6. The van der Waals surface area contributed by atoms with E-state index in [4.69, 9.17) is 0 Å². The monoisotopic (exact) mass is 324 g/mol. The van der Waals surface area contributed by atoms with Crippen molar-refractivity contribution in [2.75, 3.05) is 0 Å². The van der Waals surface area contributed by atoms with E-state index in [1.165, 1.54) is 0 Å². The van der Waals surface area contributed by atoms with Crippen molar-refractivity contribution in [3.63, 3.8) is 0 Å². The van der Waals surface area contributed by atoms with E-state index in [-0.39, 0.29) is 5.78 Å². The van der Waals surface area contributed by atoms with Gasteiger partial charge in [0.05, 0.1) is 11.6 Å². The van der Waals surface area contributed by atoms with Crippen LogP contribution in [0, 0.1) is 11.3 Å². The highest BCUT2D eigenvalue weighted by Gasteiger charge is 2.16. The summed E-state index contributed by atoms with van der Waals surface area (Å²) >= 11 is 3.35. The topological polar surface area (TPSA) is 56.6 Å². The first-order valence-corrected chi connectivity index (χ1v) is 6.80. The van der Waals surface area contributed by atoms with Crippen molar-refractivity contribution in [2.45, 2.75) is 0 Å². The number of carbonyl (C=O) groups is 1. The number of fused-ring (bicyclic) bond motifs is 1. The molecular formula is C16H9BrN2O. The molecular weight excluding hydrogens is 316 g/mol. The standard InChI is InChI=1S/C16H9BrN2O/c17-12-6-4-10(5-7-12)16(20)13-9-19-14-3-1-2-11(8-18)15(13)14/h1-7,9,19H. The molecule has 1 heterocycles. The van der Waals surface area contributed by atoms with Crippen LogP contribution < -0.4 is 0 Å². The summed E-state index contributed by atoms with van der Waals surface area (Å²) in [5, 5.41) is 9.87. The van der Waals surface area contributed by atoms with Crippen molar-refractivity contribution in [2.24, 2.45) is 0 Å². The Balaban J connectivity index is 2.18. The van der Waals surface area contributed by atoms with Gasteiger partial charge in [-0.1, -0.05) is 22.0 Å². The first kappa shape index (κ1) is 12.6. The van der Waals surface area contributed by atoms with Gasteiger partial charge < -0.3 is 4.98 Å². The summed E-state index contributed by atoms with van der Waals surface area (Å²) in [6.07, 6.45) is 1.66. The molecule has 3 nitrogen and oxygen atoms in total. The minimum absolute atomic E-state index is 0.0912. The molecule has 1 aromatic heterocycles. The number of hydrogen-bond acceptors (Lipinski definition) is 2. The van der Waals surface area contributed by atoms with E-state index in [0.717, 1.165) is 9.99 Å². The van der Waals surface area contributed by atoms with E-state index >= 15 is 0 Å². The third-order valence-corrected chi connectivity index (χ3v) is 3.71. The molecule has 0 amide bonds. The minimum atomic E-state index is -0.0912. The van der Waals surface area contributed by atoms with Crippen LogP contribution in [0.1, 0.15) is 21.5 Å². The molecule has 0 bridgehead atoms. The molecule has 0 fully saturated rings. The van der Waals surface area contributed by atoms with Gasteiger partial charge in [0.1, 0.15) is 0 Å². The van der Waals surface area contributed by atoms with Crippen LogP contribution in [-0.4, -0.2) is 10.8 Å². The second-order valence-corrected chi connectivity index (χ2v) is 5.29. The fourth-order valence-electron chi connectivity index (χ4n) is 2.21. The molecule has 3 aromatic rings. The lowest BCUT2D eigenvalue weighted by atomic mass is 10.00. The first-order valence-electron chi connectivity index (χ1n) is 6.01. The SMILES string of the molecule is N#Cc1cccc2[nH]cc(C(=O)c3ccc(Br)cc3)c12. The number of ketones is 1. The highest BCUT2D eigenvalue weighted by Crippen LogP contribution is 2.25. The lowest BCUT2D eigenvalue weighted by Gasteiger charge is -2.01. The molecule has 0 saturated carbocycles. The molecule has 0 atom stereocenters. The Bertz CT molecular complexity index is 841. The van der Waals surface area contributed by atoms with E-state index in [1.807, 2.05) is 18.2 Å². The number of benzene rings is 2. The van der Waals surface area contributed by atoms with Crippen LogP contribution in [-0.2, 0) is 0 Å². The van der Waals surface area contributed by atoms with Crippen LogP contribution >= 0.6 is 15.9 Å². The zero-order chi connectivity index (χ0) is 14.1. The second kappa shape index (κ2) is 4.95. The highest BCUT2D eigenvalue weighted by atomic mass is 79.9. The number of aromatic amines is 1. The molecule has 4 heteroatoms. The second-order valence-electron chi connectivity index (χ2n) is 4.38. The van der Waals surface area contributed by atoms with Crippen molar-refractivity contribution in [3.8, 4) is 6.07 Å². The Morgan fingerprint density at radius 1 is 1.15 bits per heavy atom. The molecule has 2 aromatic carbocycles. The zero-order valence-electron chi connectivity index (χ0n) is 10.4. The molecule has 20 heavy (non-hydrogen) atoms. The van der Waals surface area contributed by atoms with Gasteiger partial charge >= 0.3 is 0 Å². The highest BCUT2D eigenvalue weighted by molar-refractivity contribution is 9.10. The third-order valence-electron chi connectivity index (χ3n) is 3.18. The molecule has 0 unspecified atom stereocenters. The maximum absolute atomic E-state index is 12.6. The summed E-state index contributed by atoms with van der Waals surface area (Å²) in [7, 11) is 0. The molecule has 0 aliphatic rings. The number of carbonyl (C=O) groups excluding carboxylic acids is 1. The quantitative estimate of drug-likeness (QED) is 0.723. The van der Waals surface area contributed by atoms with Gasteiger partial charge in [-0.2, -0.15) is 5.26 Å². The van der Waals surface area contributed by atoms with E-state index in [2.05, 4.69) is 27.0 Å². The molecule has 0 aliphatic heterocycles. The normalized spacial score (nSPS) is 10.4. The molecule has 0 radical (unpaired) electrons. The number of halogens is 1. The Hall–Kier alpha value is -2.38. The fourth-order valence-corrected chi connectivity index (χ4v) is 2.48. The van der Waals surface area contributed by atoms with E-state index < -0.39 is 0 Å². The Kier molecular flexibility index (Phi) is 3.13. The van der Waals surface area contributed by atoms with Gasteiger partial charge in [-0.3, -0.25) is 4.79 Å². The average Bonchev–Trinajstić information content (AvgIpc) is 2.91. The van der Waals surface area contributed by atoms with Crippen molar-refractivity contribution in [1.82, 2.24) is 4.98 Å². The van der Waals surface area contributed by atoms with Crippen LogP contribution in [0.5, 0.6) is 0 Å². The molecule has 1 N–H and O–H groups in total. The predicted octanol–water partition coefficient (Wildman–Crippen LogP) is 4.03. The largest absolute Gasteiger partial charge is 0.360 e. The smallest absolute Gasteiger partial charge is 0.195 e. The molecule has 96 valence electrons. The van der Waals surface area contributed by atoms with Gasteiger partial charge in [0, 0.05) is 32.7 Å². The van der Waals surface area contributed by atoms with Crippen LogP contribution in [0.25, 0.3) is 10.9 Å². The van der Waals surface area contributed by atoms with E-state index in [0.29, 0.717) is 22.1 Å². The Morgan fingerprint density at radius 2 is 1.90 bits per heavy atom. The first-order chi connectivity index (χ1) is 9.70. The molecule has 0 aliphatic carbocycles. The van der Waals surface area contributed by atoms with Gasteiger partial charge in [-0.05, 0) is 36.4 Å². The Morgan fingerprint density at radius 3 is 2.60 bits per heavy atom. The summed E-state index contributed by atoms with van der Waals surface area (Å²) in [5.74, 6) is -0.0912. The molecule has 0 spiro atoms. The van der Waals surface area contributed by atoms with Gasteiger partial charge in [0.2, 0.25) is 0 Å². The average molecular weight is 325 g/mol. The number of nitrogens with one attached hydrogen (secondary N) is 1. The summed E-state index contributed by atoms with van der Waals surface area (Å²) in [5.41, 5.74) is 2.43. The van der Waals surface area contributed by atoms with Crippen LogP contribution in [0.15, 0.2) is 53.1 Å².